The first-order valence-electron chi connectivity index (χ1n) is 7.55. The Morgan fingerprint density at radius 3 is 2.17 bits per heavy atom. The summed E-state index contributed by atoms with van der Waals surface area (Å²) in [7, 11) is -3.43. The number of nitrogens with zero attached hydrogens (tertiary/aromatic N) is 2. The van der Waals surface area contributed by atoms with E-state index in [0.29, 0.717) is 36.1 Å². The molecule has 3 rings (SSSR count). The van der Waals surface area contributed by atoms with Crippen molar-refractivity contribution in [2.75, 3.05) is 31.1 Å². The monoisotopic (exact) mass is 350 g/mol. The predicted octanol–water partition coefficient (Wildman–Crippen LogP) is 3.16. The lowest BCUT2D eigenvalue weighted by atomic mass is 10.2. The third-order valence-electron chi connectivity index (χ3n) is 4.14. The van der Waals surface area contributed by atoms with Crippen LogP contribution in [0.25, 0.3) is 0 Å². The van der Waals surface area contributed by atoms with Crippen molar-refractivity contribution in [3.05, 3.63) is 59.1 Å². The summed E-state index contributed by atoms with van der Waals surface area (Å²) in [6, 6.07) is 14.8. The molecular weight excluding hydrogens is 332 g/mol. The summed E-state index contributed by atoms with van der Waals surface area (Å²) in [5.41, 5.74) is 1.74. The van der Waals surface area contributed by atoms with Gasteiger partial charge in [-0.15, -0.1) is 0 Å². The highest BCUT2D eigenvalue weighted by molar-refractivity contribution is 7.89. The van der Waals surface area contributed by atoms with E-state index in [1.807, 2.05) is 43.3 Å². The average Bonchev–Trinajstić information content (AvgIpc) is 2.56. The zero-order chi connectivity index (χ0) is 16.4. The van der Waals surface area contributed by atoms with Gasteiger partial charge in [0.15, 0.2) is 0 Å². The maximum Gasteiger partial charge on any atom is 0.243 e. The number of benzene rings is 2. The number of hydrogen-bond donors (Lipinski definition) is 0. The molecule has 0 aromatic heterocycles. The molecule has 1 aliphatic heterocycles. The normalized spacial score (nSPS) is 16.5. The summed E-state index contributed by atoms with van der Waals surface area (Å²) >= 11 is 6.23. The molecule has 2 aromatic carbocycles. The van der Waals surface area contributed by atoms with Gasteiger partial charge >= 0.3 is 0 Å². The van der Waals surface area contributed by atoms with Crippen LogP contribution in [-0.4, -0.2) is 38.9 Å². The third kappa shape index (κ3) is 3.22. The molecule has 1 fully saturated rings. The van der Waals surface area contributed by atoms with Crippen LogP contribution in [0.1, 0.15) is 5.56 Å². The van der Waals surface area contributed by atoms with Gasteiger partial charge in [0, 0.05) is 26.2 Å². The van der Waals surface area contributed by atoms with Crippen LogP contribution in [0.2, 0.25) is 5.02 Å². The number of para-hydroxylation sites is 1. The fraction of sp³-hybridized carbons (Fsp3) is 0.294. The van der Waals surface area contributed by atoms with Crippen molar-refractivity contribution in [1.29, 1.82) is 0 Å². The lowest BCUT2D eigenvalue weighted by molar-refractivity contribution is 0.384. The highest BCUT2D eigenvalue weighted by atomic mass is 35.5. The van der Waals surface area contributed by atoms with Gasteiger partial charge in [-0.05, 0) is 30.7 Å². The number of hydrogen-bond acceptors (Lipinski definition) is 3. The number of piperazine rings is 1. The molecule has 0 amide bonds. The van der Waals surface area contributed by atoms with Crippen LogP contribution in [0.15, 0.2) is 53.4 Å². The molecule has 1 aliphatic rings. The van der Waals surface area contributed by atoms with Crippen LogP contribution in [0, 0.1) is 6.92 Å². The smallest absolute Gasteiger partial charge is 0.243 e. The second-order valence-corrected chi connectivity index (χ2v) is 7.92. The molecule has 4 nitrogen and oxygen atoms in total. The zero-order valence-electron chi connectivity index (χ0n) is 12.9. The van der Waals surface area contributed by atoms with Crippen molar-refractivity contribution in [3.8, 4) is 0 Å². The quantitative estimate of drug-likeness (QED) is 0.853. The van der Waals surface area contributed by atoms with Crippen LogP contribution < -0.4 is 4.90 Å². The largest absolute Gasteiger partial charge is 0.368 e. The number of rotatable bonds is 3. The van der Waals surface area contributed by atoms with Crippen molar-refractivity contribution >= 4 is 27.3 Å². The van der Waals surface area contributed by atoms with Gasteiger partial charge < -0.3 is 4.90 Å². The lowest BCUT2D eigenvalue weighted by Gasteiger charge is -2.36. The Hall–Kier alpha value is -1.56. The average molecular weight is 351 g/mol. The van der Waals surface area contributed by atoms with Crippen LogP contribution >= 0.6 is 11.6 Å². The molecule has 1 heterocycles. The fourth-order valence-corrected chi connectivity index (χ4v) is 4.77. The van der Waals surface area contributed by atoms with Gasteiger partial charge in [0.05, 0.1) is 15.6 Å². The standard InChI is InChI=1S/C17H19ClN2O2S/c1-14-6-2-5-9-17(14)23(21,22)20-12-10-19(11-13-20)16-8-4-3-7-15(16)18/h2-9H,10-13H2,1H3. The van der Waals surface area contributed by atoms with Crippen LogP contribution in [0.4, 0.5) is 5.69 Å². The van der Waals surface area contributed by atoms with Crippen molar-refractivity contribution in [2.24, 2.45) is 0 Å². The Morgan fingerprint density at radius 1 is 0.913 bits per heavy atom. The summed E-state index contributed by atoms with van der Waals surface area (Å²) < 4.78 is 27.2. The van der Waals surface area contributed by atoms with Gasteiger partial charge in [-0.1, -0.05) is 41.9 Å². The number of sulfonamides is 1. The summed E-state index contributed by atoms with van der Waals surface area (Å²) in [6.45, 7) is 4.01. The summed E-state index contributed by atoms with van der Waals surface area (Å²) in [6.07, 6.45) is 0. The number of aryl methyl sites for hydroxylation is 1. The minimum Gasteiger partial charge on any atom is -0.368 e. The number of halogens is 1. The van der Waals surface area contributed by atoms with E-state index in [2.05, 4.69) is 4.90 Å². The second-order valence-electron chi connectivity index (χ2n) is 5.61. The minimum atomic E-state index is -3.43. The lowest BCUT2D eigenvalue weighted by Crippen LogP contribution is -2.48. The first-order valence-corrected chi connectivity index (χ1v) is 9.37. The van der Waals surface area contributed by atoms with E-state index in [1.165, 1.54) is 0 Å². The molecule has 23 heavy (non-hydrogen) atoms. The van der Waals surface area contributed by atoms with Crippen molar-refractivity contribution in [1.82, 2.24) is 4.31 Å². The highest BCUT2D eigenvalue weighted by Crippen LogP contribution is 2.27. The molecule has 6 heteroatoms. The van der Waals surface area contributed by atoms with E-state index in [1.54, 1.807) is 16.4 Å². The Balaban J connectivity index is 1.77. The van der Waals surface area contributed by atoms with Crippen LogP contribution in [-0.2, 0) is 10.0 Å². The molecule has 1 saturated heterocycles. The summed E-state index contributed by atoms with van der Waals surface area (Å²) in [5, 5.41) is 0.697. The second kappa shape index (κ2) is 6.51. The molecule has 122 valence electrons. The molecule has 0 atom stereocenters. The molecular formula is C17H19ClN2O2S. The van der Waals surface area contributed by atoms with Gasteiger partial charge in [-0.2, -0.15) is 4.31 Å². The van der Waals surface area contributed by atoms with Crippen molar-refractivity contribution in [2.45, 2.75) is 11.8 Å². The highest BCUT2D eigenvalue weighted by Gasteiger charge is 2.29. The zero-order valence-corrected chi connectivity index (χ0v) is 14.5. The molecule has 0 aliphatic carbocycles. The topological polar surface area (TPSA) is 40.6 Å². The van der Waals surface area contributed by atoms with E-state index >= 15 is 0 Å². The first kappa shape index (κ1) is 16.3. The molecule has 0 spiro atoms. The van der Waals surface area contributed by atoms with Gasteiger partial charge in [0.1, 0.15) is 0 Å². The van der Waals surface area contributed by atoms with Gasteiger partial charge in [-0.25, -0.2) is 8.42 Å². The van der Waals surface area contributed by atoms with Gasteiger partial charge in [0.25, 0.3) is 0 Å². The molecule has 0 bridgehead atoms. The summed E-state index contributed by atoms with van der Waals surface area (Å²) in [5.74, 6) is 0. The SMILES string of the molecule is Cc1ccccc1S(=O)(=O)N1CCN(c2ccccc2Cl)CC1. The minimum absolute atomic E-state index is 0.395. The van der Waals surface area contributed by atoms with Gasteiger partial charge in [0.2, 0.25) is 10.0 Å². The van der Waals surface area contributed by atoms with E-state index in [-0.39, 0.29) is 0 Å². The summed E-state index contributed by atoms with van der Waals surface area (Å²) in [4.78, 5) is 2.53. The Bertz CT molecular complexity index is 800. The first-order chi connectivity index (χ1) is 11.0. The fourth-order valence-electron chi connectivity index (χ4n) is 2.86. The van der Waals surface area contributed by atoms with E-state index in [9.17, 15) is 8.42 Å². The van der Waals surface area contributed by atoms with Crippen molar-refractivity contribution < 1.29 is 8.42 Å². The molecule has 0 radical (unpaired) electrons. The Morgan fingerprint density at radius 2 is 1.52 bits per heavy atom. The molecule has 0 saturated carbocycles. The van der Waals surface area contributed by atoms with E-state index in [0.717, 1.165) is 11.3 Å². The van der Waals surface area contributed by atoms with Gasteiger partial charge in [-0.3, -0.25) is 0 Å². The van der Waals surface area contributed by atoms with Crippen LogP contribution in [0.3, 0.4) is 0 Å². The molecule has 0 N–H and O–H groups in total. The molecule has 2 aromatic rings. The van der Waals surface area contributed by atoms with E-state index < -0.39 is 10.0 Å². The maximum absolute atomic E-state index is 12.8. The van der Waals surface area contributed by atoms with E-state index in [4.69, 9.17) is 11.6 Å². The van der Waals surface area contributed by atoms with Crippen LogP contribution in [0.5, 0.6) is 0 Å². The molecule has 0 unspecified atom stereocenters. The third-order valence-corrected chi connectivity index (χ3v) is 6.52. The predicted molar refractivity (Wildman–Crippen MR) is 93.6 cm³/mol. The Kier molecular flexibility index (Phi) is 4.62. The Labute approximate surface area is 142 Å². The van der Waals surface area contributed by atoms with Crippen molar-refractivity contribution in [3.63, 3.8) is 0 Å². The maximum atomic E-state index is 12.8. The number of anilines is 1.